The van der Waals surface area contributed by atoms with Crippen LogP contribution in [0.2, 0.25) is 0 Å². The monoisotopic (exact) mass is 470 g/mol. The van der Waals surface area contributed by atoms with Crippen LogP contribution in [-0.4, -0.2) is 50.4 Å². The Morgan fingerprint density at radius 1 is 1.00 bits per heavy atom. The number of sulfonamides is 1. The molecule has 1 heterocycles. The number of amides is 1. The van der Waals surface area contributed by atoms with Gasteiger partial charge in [-0.1, -0.05) is 17.7 Å². The highest BCUT2D eigenvalue weighted by atomic mass is 32.2. The first kappa shape index (κ1) is 24.0. The van der Waals surface area contributed by atoms with Gasteiger partial charge < -0.3 is 9.64 Å². The van der Waals surface area contributed by atoms with Gasteiger partial charge in [-0.15, -0.1) is 0 Å². The molecule has 174 valence electrons. The van der Waals surface area contributed by atoms with Crippen molar-refractivity contribution in [2.24, 2.45) is 0 Å². The predicted octanol–water partition coefficient (Wildman–Crippen LogP) is 2.96. The first-order valence-corrected chi connectivity index (χ1v) is 11.9. The van der Waals surface area contributed by atoms with E-state index in [0.717, 1.165) is 16.1 Å². The Morgan fingerprint density at radius 3 is 2.06 bits per heavy atom. The second-order valence-corrected chi connectivity index (χ2v) is 9.42. The Kier molecular flexibility index (Phi) is 7.52. The highest BCUT2D eigenvalue weighted by molar-refractivity contribution is 7.92. The van der Waals surface area contributed by atoms with Gasteiger partial charge in [0.1, 0.15) is 17.5 Å². The molecule has 0 bridgehead atoms. The molecule has 9 nitrogen and oxygen atoms in total. The minimum absolute atomic E-state index is 0.234. The summed E-state index contributed by atoms with van der Waals surface area (Å²) in [4.78, 5) is 18.0. The molecule has 2 N–H and O–H groups in total. The third kappa shape index (κ3) is 6.21. The number of ether oxygens (including phenoxy) is 1. The van der Waals surface area contributed by atoms with Crippen LogP contribution in [0.3, 0.4) is 0 Å². The van der Waals surface area contributed by atoms with Crippen LogP contribution in [0.4, 0.5) is 11.4 Å². The van der Waals surface area contributed by atoms with Crippen LogP contribution in [-0.2, 0) is 14.8 Å². The van der Waals surface area contributed by atoms with Gasteiger partial charge in [0, 0.05) is 25.1 Å². The molecule has 1 amide bonds. The number of nitrogens with one attached hydrogen (secondary N) is 1. The lowest BCUT2D eigenvalue weighted by atomic mass is 10.2. The van der Waals surface area contributed by atoms with Crippen LogP contribution >= 0.6 is 0 Å². The quantitative estimate of drug-likeness (QED) is 0.365. The van der Waals surface area contributed by atoms with E-state index < -0.39 is 22.0 Å². The molecule has 0 spiro atoms. The number of hydroxylamine groups is 1. The SMILES string of the molecule is Cc1ccc(Oc2ccc(N(C[C@@H](C(=O)NO)N(C)c3ccncc3)S(C)(=O)=O)cc2)cc1. The summed E-state index contributed by atoms with van der Waals surface area (Å²) in [5, 5.41) is 9.26. The second-order valence-electron chi connectivity index (χ2n) is 7.51. The van der Waals surface area contributed by atoms with Gasteiger partial charge in [-0.3, -0.25) is 19.3 Å². The molecule has 1 atom stereocenters. The van der Waals surface area contributed by atoms with Gasteiger partial charge in [0.15, 0.2) is 0 Å². The average molecular weight is 471 g/mol. The fraction of sp³-hybridized carbons (Fsp3) is 0.217. The zero-order valence-electron chi connectivity index (χ0n) is 18.5. The van der Waals surface area contributed by atoms with E-state index in [-0.39, 0.29) is 6.54 Å². The van der Waals surface area contributed by atoms with Crippen molar-refractivity contribution in [3.8, 4) is 11.5 Å². The summed E-state index contributed by atoms with van der Waals surface area (Å²) in [5.41, 5.74) is 3.72. The predicted molar refractivity (Wildman–Crippen MR) is 126 cm³/mol. The van der Waals surface area contributed by atoms with Gasteiger partial charge >= 0.3 is 0 Å². The topological polar surface area (TPSA) is 112 Å². The second kappa shape index (κ2) is 10.3. The fourth-order valence-corrected chi connectivity index (χ4v) is 4.14. The number of hydrogen-bond donors (Lipinski definition) is 2. The van der Waals surface area contributed by atoms with Crippen molar-refractivity contribution in [1.82, 2.24) is 10.5 Å². The maximum absolute atomic E-state index is 12.6. The maximum atomic E-state index is 12.6. The fourth-order valence-electron chi connectivity index (χ4n) is 3.23. The zero-order valence-corrected chi connectivity index (χ0v) is 19.4. The number of benzene rings is 2. The summed E-state index contributed by atoms with van der Waals surface area (Å²) in [6.07, 6.45) is 4.17. The van der Waals surface area contributed by atoms with Gasteiger partial charge in [0.2, 0.25) is 10.0 Å². The van der Waals surface area contributed by atoms with E-state index in [1.54, 1.807) is 66.2 Å². The first-order valence-electron chi connectivity index (χ1n) is 10.1. The molecular weight excluding hydrogens is 444 g/mol. The first-order chi connectivity index (χ1) is 15.7. The Bertz CT molecular complexity index is 1170. The van der Waals surface area contributed by atoms with Crippen molar-refractivity contribution < 1.29 is 23.2 Å². The Labute approximate surface area is 193 Å². The number of hydrogen-bond acceptors (Lipinski definition) is 7. The van der Waals surface area contributed by atoms with E-state index in [4.69, 9.17) is 4.74 Å². The molecule has 0 saturated heterocycles. The zero-order chi connectivity index (χ0) is 24.0. The lowest BCUT2D eigenvalue weighted by Crippen LogP contribution is -2.52. The van der Waals surface area contributed by atoms with Crippen LogP contribution < -0.4 is 19.4 Å². The van der Waals surface area contributed by atoms with Crippen molar-refractivity contribution in [3.05, 3.63) is 78.6 Å². The van der Waals surface area contributed by atoms with Crippen molar-refractivity contribution >= 4 is 27.3 Å². The van der Waals surface area contributed by atoms with Crippen molar-refractivity contribution in [1.29, 1.82) is 0 Å². The highest BCUT2D eigenvalue weighted by Gasteiger charge is 2.30. The molecule has 0 aliphatic rings. The standard InChI is InChI=1S/C23H26N4O5S/c1-17-4-8-20(9-5-17)32-21-10-6-19(7-11-21)27(33(3,30)31)16-22(23(28)25-29)26(2)18-12-14-24-15-13-18/h4-15,22,29H,16H2,1-3H3,(H,25,28)/t22-/m0/s1. The number of anilines is 2. The van der Waals surface area contributed by atoms with Gasteiger partial charge in [-0.25, -0.2) is 13.9 Å². The molecule has 2 aromatic carbocycles. The molecule has 0 aliphatic carbocycles. The Balaban J connectivity index is 1.86. The lowest BCUT2D eigenvalue weighted by molar-refractivity contribution is -0.130. The summed E-state index contributed by atoms with van der Waals surface area (Å²) in [6, 6.07) is 16.4. The molecule has 3 rings (SSSR count). The normalized spacial score (nSPS) is 12.0. The Morgan fingerprint density at radius 2 is 1.55 bits per heavy atom. The Hall–Kier alpha value is -3.63. The number of aryl methyl sites for hydroxylation is 1. The van der Waals surface area contributed by atoms with Crippen LogP contribution in [0.1, 0.15) is 5.56 Å². The smallest absolute Gasteiger partial charge is 0.267 e. The van der Waals surface area contributed by atoms with Crippen LogP contribution in [0.5, 0.6) is 11.5 Å². The van der Waals surface area contributed by atoms with E-state index >= 15 is 0 Å². The summed E-state index contributed by atoms with van der Waals surface area (Å²) in [6.45, 7) is 1.75. The van der Waals surface area contributed by atoms with Crippen LogP contribution in [0.25, 0.3) is 0 Å². The highest BCUT2D eigenvalue weighted by Crippen LogP contribution is 2.27. The summed E-state index contributed by atoms with van der Waals surface area (Å²) in [7, 11) is -2.12. The van der Waals surface area contributed by atoms with Crippen LogP contribution in [0, 0.1) is 6.92 Å². The number of rotatable bonds is 9. The molecule has 0 radical (unpaired) electrons. The number of carbonyl (C=O) groups excluding carboxylic acids is 1. The maximum Gasteiger partial charge on any atom is 0.267 e. The average Bonchev–Trinajstić information content (AvgIpc) is 2.81. The van der Waals surface area contributed by atoms with E-state index in [0.29, 0.717) is 22.9 Å². The molecule has 0 fully saturated rings. The van der Waals surface area contributed by atoms with Crippen molar-refractivity contribution in [2.45, 2.75) is 13.0 Å². The summed E-state index contributed by atoms with van der Waals surface area (Å²) >= 11 is 0. The van der Waals surface area contributed by atoms with E-state index in [2.05, 4.69) is 4.98 Å². The third-order valence-electron chi connectivity index (χ3n) is 5.07. The molecule has 1 aromatic heterocycles. The number of nitrogens with zero attached hydrogens (tertiary/aromatic N) is 3. The number of pyridine rings is 1. The van der Waals surface area contributed by atoms with Gasteiger partial charge in [0.05, 0.1) is 18.5 Å². The third-order valence-corrected chi connectivity index (χ3v) is 6.23. The molecule has 10 heteroatoms. The number of carbonyl (C=O) groups is 1. The molecule has 0 aliphatic heterocycles. The molecule has 0 saturated carbocycles. The summed E-state index contributed by atoms with van der Waals surface area (Å²) in [5.74, 6) is 0.448. The van der Waals surface area contributed by atoms with E-state index in [9.17, 15) is 18.4 Å². The number of aromatic nitrogens is 1. The van der Waals surface area contributed by atoms with E-state index in [1.807, 2.05) is 31.2 Å². The molecule has 33 heavy (non-hydrogen) atoms. The minimum Gasteiger partial charge on any atom is -0.457 e. The van der Waals surface area contributed by atoms with Crippen molar-refractivity contribution in [3.63, 3.8) is 0 Å². The van der Waals surface area contributed by atoms with Gasteiger partial charge in [0.25, 0.3) is 5.91 Å². The molecule has 3 aromatic rings. The van der Waals surface area contributed by atoms with E-state index in [1.165, 1.54) is 0 Å². The summed E-state index contributed by atoms with van der Waals surface area (Å²) < 4.78 is 32.2. The molecular formula is C23H26N4O5S. The number of likely N-dealkylation sites (N-methyl/N-ethyl adjacent to an activating group) is 1. The van der Waals surface area contributed by atoms with Gasteiger partial charge in [-0.05, 0) is 55.5 Å². The van der Waals surface area contributed by atoms with Crippen molar-refractivity contribution in [2.75, 3.05) is 29.1 Å². The lowest BCUT2D eigenvalue weighted by Gasteiger charge is -2.33. The molecule has 0 unspecified atom stereocenters. The minimum atomic E-state index is -3.76. The van der Waals surface area contributed by atoms with Crippen LogP contribution in [0.15, 0.2) is 73.1 Å². The largest absolute Gasteiger partial charge is 0.457 e. The van der Waals surface area contributed by atoms with Gasteiger partial charge in [-0.2, -0.15) is 0 Å².